The molecule has 0 bridgehead atoms. The van der Waals surface area contributed by atoms with Crippen molar-refractivity contribution in [1.29, 1.82) is 0 Å². The molecule has 1 N–H and O–H groups in total. The smallest absolute Gasteiger partial charge is 0.163 e. The summed E-state index contributed by atoms with van der Waals surface area (Å²) in [6.45, 7) is 10.2. The molecule has 0 saturated heterocycles. The third-order valence-electron chi connectivity index (χ3n) is 7.96. The second-order valence-electron chi connectivity index (χ2n) is 11.0. The van der Waals surface area contributed by atoms with Crippen LogP contribution in [0.3, 0.4) is 0 Å². The molecule has 6 aromatic heterocycles. The monoisotopic (exact) mass is 679 g/mol. The van der Waals surface area contributed by atoms with Crippen molar-refractivity contribution in [3.63, 3.8) is 0 Å². The van der Waals surface area contributed by atoms with Crippen LogP contribution in [0.4, 0.5) is 5.82 Å². The van der Waals surface area contributed by atoms with Crippen molar-refractivity contribution < 1.29 is 9.47 Å². The fourth-order valence-corrected chi connectivity index (χ4v) is 7.65. The number of thiophene rings is 2. The molecule has 0 spiro atoms. The fourth-order valence-electron chi connectivity index (χ4n) is 5.22. The standard InChI is InChI=1S/C22H20N4O2S.C13H10ClN3S/c1-13-14(2)29-22-19(13)21(25-20(26-22)16-5-7-23-8-6-16)24-12-15-3-4-17-18(11-15)28-10-9-27-17;1-7-8(2)18-13-10(7)11(14)16-12(17-13)9-3-5-15-6-4-9/h3-8,11H,9-10,12H2,1-2H3,(H,24,25,26);3-6H,1-2H3. The van der Waals surface area contributed by atoms with E-state index in [2.05, 4.69) is 59.0 Å². The number of aryl methyl sites for hydroxylation is 4. The highest BCUT2D eigenvalue weighted by molar-refractivity contribution is 7.19. The Bertz CT molecular complexity index is 2220. The van der Waals surface area contributed by atoms with Gasteiger partial charge in [0.05, 0.1) is 10.8 Å². The normalized spacial score (nSPS) is 12.2. The Labute approximate surface area is 284 Å². The lowest BCUT2D eigenvalue weighted by atomic mass is 10.1. The topological polar surface area (TPSA) is 108 Å². The molecule has 1 aromatic carbocycles. The molecule has 0 fully saturated rings. The Kier molecular flexibility index (Phi) is 8.68. The van der Waals surface area contributed by atoms with E-state index in [1.807, 2.05) is 36.4 Å². The maximum absolute atomic E-state index is 6.27. The van der Waals surface area contributed by atoms with E-state index in [0.717, 1.165) is 54.4 Å². The molecule has 0 amide bonds. The number of pyridine rings is 2. The van der Waals surface area contributed by atoms with E-state index >= 15 is 0 Å². The largest absolute Gasteiger partial charge is 0.486 e. The summed E-state index contributed by atoms with van der Waals surface area (Å²) in [5.74, 6) is 3.79. The number of ether oxygens (including phenoxy) is 2. The van der Waals surface area contributed by atoms with Gasteiger partial charge in [-0.2, -0.15) is 0 Å². The molecule has 1 aliphatic rings. The third-order valence-corrected chi connectivity index (χ3v) is 10.4. The van der Waals surface area contributed by atoms with Crippen molar-refractivity contribution in [1.82, 2.24) is 29.9 Å². The van der Waals surface area contributed by atoms with Crippen LogP contribution < -0.4 is 14.8 Å². The minimum Gasteiger partial charge on any atom is -0.486 e. The summed E-state index contributed by atoms with van der Waals surface area (Å²) in [7, 11) is 0. The number of hydrogen-bond donors (Lipinski definition) is 1. The van der Waals surface area contributed by atoms with Gasteiger partial charge in [-0.1, -0.05) is 17.7 Å². The average Bonchev–Trinajstić information content (AvgIpc) is 3.57. The number of rotatable bonds is 5. The maximum atomic E-state index is 6.27. The van der Waals surface area contributed by atoms with E-state index in [9.17, 15) is 0 Å². The molecule has 0 saturated carbocycles. The highest BCUT2D eigenvalue weighted by Crippen LogP contribution is 2.37. The van der Waals surface area contributed by atoms with E-state index in [-0.39, 0.29) is 0 Å². The number of nitrogens with one attached hydrogen (secondary N) is 1. The van der Waals surface area contributed by atoms with Gasteiger partial charge in [0.1, 0.15) is 33.8 Å². The zero-order chi connectivity index (χ0) is 32.5. The van der Waals surface area contributed by atoms with Gasteiger partial charge in [0.15, 0.2) is 23.1 Å². The second kappa shape index (κ2) is 13.2. The minimum absolute atomic E-state index is 0.522. The summed E-state index contributed by atoms with van der Waals surface area (Å²) in [5.41, 5.74) is 5.37. The quantitative estimate of drug-likeness (QED) is 0.179. The highest BCUT2D eigenvalue weighted by Gasteiger charge is 2.17. The van der Waals surface area contributed by atoms with Crippen LogP contribution in [-0.2, 0) is 6.54 Å². The number of halogens is 1. The molecule has 9 nitrogen and oxygen atoms in total. The van der Waals surface area contributed by atoms with Gasteiger partial charge in [0, 0.05) is 52.2 Å². The number of aromatic nitrogens is 6. The van der Waals surface area contributed by atoms with Crippen LogP contribution in [0.5, 0.6) is 11.5 Å². The predicted octanol–water partition coefficient (Wildman–Crippen LogP) is 8.78. The second-order valence-corrected chi connectivity index (χ2v) is 13.7. The van der Waals surface area contributed by atoms with Gasteiger partial charge in [-0.25, -0.2) is 19.9 Å². The number of benzene rings is 1. The summed E-state index contributed by atoms with van der Waals surface area (Å²) < 4.78 is 11.3. The van der Waals surface area contributed by atoms with Gasteiger partial charge in [-0.15, -0.1) is 22.7 Å². The molecule has 0 aliphatic carbocycles. The minimum atomic E-state index is 0.522. The lowest BCUT2D eigenvalue weighted by molar-refractivity contribution is 0.171. The lowest BCUT2D eigenvalue weighted by Gasteiger charge is -2.19. The Hall–Kier alpha value is -4.71. The molecule has 0 radical (unpaired) electrons. The molecule has 1 aliphatic heterocycles. The van der Waals surface area contributed by atoms with Crippen molar-refractivity contribution >= 4 is 60.5 Å². The molecule has 0 unspecified atom stereocenters. The van der Waals surface area contributed by atoms with Gasteiger partial charge in [-0.05, 0) is 80.8 Å². The van der Waals surface area contributed by atoms with Crippen molar-refractivity contribution in [2.24, 2.45) is 0 Å². The van der Waals surface area contributed by atoms with Crippen molar-refractivity contribution in [3.05, 3.63) is 98.8 Å². The number of anilines is 1. The lowest BCUT2D eigenvalue weighted by Crippen LogP contribution is -2.15. The summed E-state index contributed by atoms with van der Waals surface area (Å²) >= 11 is 9.62. The van der Waals surface area contributed by atoms with E-state index in [1.165, 1.54) is 20.9 Å². The maximum Gasteiger partial charge on any atom is 0.163 e. The van der Waals surface area contributed by atoms with Gasteiger partial charge < -0.3 is 14.8 Å². The average molecular weight is 680 g/mol. The number of hydrogen-bond acceptors (Lipinski definition) is 11. The first-order valence-electron chi connectivity index (χ1n) is 15.0. The highest BCUT2D eigenvalue weighted by atomic mass is 35.5. The zero-order valence-corrected chi connectivity index (χ0v) is 28.6. The van der Waals surface area contributed by atoms with Crippen LogP contribution in [0.15, 0.2) is 67.3 Å². The van der Waals surface area contributed by atoms with Crippen LogP contribution in [0.1, 0.15) is 26.4 Å². The molecule has 236 valence electrons. The van der Waals surface area contributed by atoms with Gasteiger partial charge >= 0.3 is 0 Å². The summed E-state index contributed by atoms with van der Waals surface area (Å²) in [4.78, 5) is 31.1. The van der Waals surface area contributed by atoms with Crippen LogP contribution in [0, 0.1) is 27.7 Å². The first-order valence-corrected chi connectivity index (χ1v) is 17.0. The predicted molar refractivity (Wildman–Crippen MR) is 190 cm³/mol. The van der Waals surface area contributed by atoms with Crippen LogP contribution in [-0.4, -0.2) is 43.1 Å². The Morgan fingerprint density at radius 2 is 1.23 bits per heavy atom. The first kappa shape index (κ1) is 30.9. The van der Waals surface area contributed by atoms with Crippen molar-refractivity contribution in [2.45, 2.75) is 34.2 Å². The van der Waals surface area contributed by atoms with Gasteiger partial charge in [0.25, 0.3) is 0 Å². The van der Waals surface area contributed by atoms with Crippen molar-refractivity contribution in [3.8, 4) is 34.3 Å². The molecule has 12 heteroatoms. The molecular formula is C35H30ClN7O2S2. The summed E-state index contributed by atoms with van der Waals surface area (Å²) in [6.07, 6.45) is 6.97. The van der Waals surface area contributed by atoms with Gasteiger partial charge in [-0.3, -0.25) is 9.97 Å². The fraction of sp³-hybridized carbons (Fsp3) is 0.200. The molecule has 7 heterocycles. The molecule has 47 heavy (non-hydrogen) atoms. The van der Waals surface area contributed by atoms with Gasteiger partial charge in [0.2, 0.25) is 0 Å². The molecule has 0 atom stereocenters. The molecular weight excluding hydrogens is 650 g/mol. The molecule has 8 rings (SSSR count). The van der Waals surface area contributed by atoms with Crippen molar-refractivity contribution in [2.75, 3.05) is 18.5 Å². The Morgan fingerprint density at radius 1 is 0.681 bits per heavy atom. The number of fused-ring (bicyclic) bond motifs is 3. The number of nitrogens with zero attached hydrogens (tertiary/aromatic N) is 6. The van der Waals surface area contributed by atoms with E-state index in [1.54, 1.807) is 47.5 Å². The van der Waals surface area contributed by atoms with Crippen LogP contribution >= 0.6 is 34.3 Å². The van der Waals surface area contributed by atoms with Crippen LogP contribution in [0.2, 0.25) is 5.15 Å². The van der Waals surface area contributed by atoms with E-state index < -0.39 is 0 Å². The third kappa shape index (κ3) is 6.34. The van der Waals surface area contributed by atoms with Crippen LogP contribution in [0.25, 0.3) is 43.2 Å². The Balaban J connectivity index is 0.000000167. The summed E-state index contributed by atoms with van der Waals surface area (Å²) in [5, 5.41) is 6.10. The summed E-state index contributed by atoms with van der Waals surface area (Å²) in [6, 6.07) is 13.7. The SMILES string of the molecule is Cc1sc2nc(-c3ccncc3)nc(Cl)c2c1C.Cc1sc2nc(-c3ccncc3)nc(NCc3ccc4c(c3)OCCO4)c2c1C. The Morgan fingerprint density at radius 3 is 1.87 bits per heavy atom. The van der Waals surface area contributed by atoms with E-state index in [0.29, 0.717) is 36.6 Å². The first-order chi connectivity index (χ1) is 22.9. The molecule has 7 aromatic rings. The van der Waals surface area contributed by atoms with E-state index in [4.69, 9.17) is 31.0 Å². The zero-order valence-electron chi connectivity index (χ0n) is 26.2.